The van der Waals surface area contributed by atoms with Crippen molar-refractivity contribution in [3.8, 4) is 28.5 Å². The lowest BCUT2D eigenvalue weighted by atomic mass is 10.1. The van der Waals surface area contributed by atoms with Crippen LogP contribution >= 0.6 is 0 Å². The number of aromatic nitrogens is 3. The topological polar surface area (TPSA) is 87.5 Å². The molecule has 33 heavy (non-hydrogen) atoms. The first-order chi connectivity index (χ1) is 16.2. The number of hydrogen-bond acceptors (Lipinski definition) is 6. The van der Waals surface area contributed by atoms with Crippen molar-refractivity contribution in [1.82, 2.24) is 20.1 Å². The fourth-order valence-corrected chi connectivity index (χ4v) is 4.05. The van der Waals surface area contributed by atoms with Crippen molar-refractivity contribution in [2.45, 2.75) is 26.8 Å². The number of nitrogens with one attached hydrogen (secondary N) is 1. The van der Waals surface area contributed by atoms with Crippen LogP contribution in [0.15, 0.2) is 42.6 Å². The average molecular weight is 447 g/mol. The predicted molar refractivity (Wildman–Crippen MR) is 126 cm³/mol. The van der Waals surface area contributed by atoms with Gasteiger partial charge < -0.3 is 19.5 Å². The highest BCUT2D eigenvalue weighted by molar-refractivity contribution is 6.09. The van der Waals surface area contributed by atoms with Crippen molar-refractivity contribution < 1.29 is 19.0 Å². The first-order valence-corrected chi connectivity index (χ1v) is 11.3. The van der Waals surface area contributed by atoms with E-state index in [0.717, 1.165) is 45.2 Å². The molecule has 0 fully saturated rings. The lowest BCUT2D eigenvalue weighted by Crippen LogP contribution is -2.28. The number of benzene rings is 2. The number of amides is 1. The quantitative estimate of drug-likeness (QED) is 0.463. The zero-order valence-corrected chi connectivity index (χ0v) is 18.8. The Bertz CT molecular complexity index is 1310. The van der Waals surface area contributed by atoms with Crippen molar-refractivity contribution in [3.63, 3.8) is 0 Å². The van der Waals surface area contributed by atoms with Crippen LogP contribution in [0.5, 0.6) is 17.2 Å². The second-order valence-electron chi connectivity index (χ2n) is 7.85. The third-order valence-electron chi connectivity index (χ3n) is 5.54. The van der Waals surface area contributed by atoms with Crippen LogP contribution in [0.3, 0.4) is 0 Å². The van der Waals surface area contributed by atoms with Crippen LogP contribution in [0.4, 0.5) is 0 Å². The summed E-state index contributed by atoms with van der Waals surface area (Å²) in [6.07, 6.45) is 2.69. The van der Waals surface area contributed by atoms with Gasteiger partial charge in [0.15, 0.2) is 11.5 Å². The van der Waals surface area contributed by atoms with Crippen molar-refractivity contribution in [3.05, 3.63) is 42.6 Å². The molecule has 0 atom stereocenters. The Morgan fingerprint density at radius 3 is 2.58 bits per heavy atom. The van der Waals surface area contributed by atoms with Gasteiger partial charge in [-0.3, -0.25) is 14.5 Å². The molecule has 2 aromatic carbocycles. The largest absolute Gasteiger partial charge is 0.494 e. The number of hydrogen-bond donors (Lipinski definition) is 1. The molecule has 0 unspecified atom stereocenters. The van der Waals surface area contributed by atoms with Crippen LogP contribution in [0, 0.1) is 0 Å². The van der Waals surface area contributed by atoms with E-state index in [1.165, 1.54) is 0 Å². The van der Waals surface area contributed by atoms with Gasteiger partial charge in [-0.05, 0) is 43.7 Å². The van der Waals surface area contributed by atoms with Crippen LogP contribution in [-0.2, 0) is 11.3 Å². The SMILES string of the molecule is CCCNC(=O)Cn1nc(-c2ccc(OCC)cc2)c2cnc3cc4c(cc3c21)OCCO4. The van der Waals surface area contributed by atoms with Crippen molar-refractivity contribution in [1.29, 1.82) is 0 Å². The zero-order valence-electron chi connectivity index (χ0n) is 18.8. The molecule has 1 aliphatic heterocycles. The molecular weight excluding hydrogens is 420 g/mol. The Balaban J connectivity index is 1.67. The van der Waals surface area contributed by atoms with Gasteiger partial charge in [0.2, 0.25) is 5.91 Å². The van der Waals surface area contributed by atoms with Crippen molar-refractivity contribution in [2.75, 3.05) is 26.4 Å². The van der Waals surface area contributed by atoms with Crippen molar-refractivity contribution >= 4 is 27.7 Å². The van der Waals surface area contributed by atoms with Crippen LogP contribution < -0.4 is 19.5 Å². The smallest absolute Gasteiger partial charge is 0.241 e. The van der Waals surface area contributed by atoms with Gasteiger partial charge in [0.1, 0.15) is 31.2 Å². The van der Waals surface area contributed by atoms with Gasteiger partial charge in [-0.2, -0.15) is 5.10 Å². The van der Waals surface area contributed by atoms with Gasteiger partial charge >= 0.3 is 0 Å². The Kier molecular flexibility index (Phi) is 5.73. The fourth-order valence-electron chi connectivity index (χ4n) is 4.05. The van der Waals surface area contributed by atoms with E-state index in [9.17, 15) is 4.79 Å². The Labute approximate surface area is 191 Å². The number of carbonyl (C=O) groups excluding carboxylic acids is 1. The molecule has 1 N–H and O–H groups in total. The molecule has 8 nitrogen and oxygen atoms in total. The van der Waals surface area contributed by atoms with Crippen LogP contribution in [0.25, 0.3) is 33.1 Å². The number of carbonyl (C=O) groups is 1. The van der Waals surface area contributed by atoms with Gasteiger partial charge in [0.05, 0.1) is 17.6 Å². The number of rotatable bonds is 7. The molecule has 5 rings (SSSR count). The molecule has 0 radical (unpaired) electrons. The highest BCUT2D eigenvalue weighted by Gasteiger charge is 2.21. The van der Waals surface area contributed by atoms with Crippen LogP contribution in [0.2, 0.25) is 0 Å². The van der Waals surface area contributed by atoms with Crippen molar-refractivity contribution in [2.24, 2.45) is 0 Å². The molecule has 3 heterocycles. The van der Waals surface area contributed by atoms with Gasteiger partial charge in [0.25, 0.3) is 0 Å². The van der Waals surface area contributed by atoms with Gasteiger partial charge in [-0.1, -0.05) is 6.92 Å². The highest BCUT2D eigenvalue weighted by atomic mass is 16.6. The Morgan fingerprint density at radius 2 is 1.85 bits per heavy atom. The lowest BCUT2D eigenvalue weighted by molar-refractivity contribution is -0.121. The third-order valence-corrected chi connectivity index (χ3v) is 5.54. The second-order valence-corrected chi connectivity index (χ2v) is 7.85. The molecule has 1 amide bonds. The van der Waals surface area contributed by atoms with E-state index in [1.54, 1.807) is 4.68 Å². The number of nitrogens with zero attached hydrogens (tertiary/aromatic N) is 3. The predicted octanol–water partition coefficient (Wildman–Crippen LogP) is 3.95. The van der Waals surface area contributed by atoms with E-state index in [0.29, 0.717) is 37.9 Å². The summed E-state index contributed by atoms with van der Waals surface area (Å²) in [5.41, 5.74) is 3.29. The summed E-state index contributed by atoms with van der Waals surface area (Å²) in [5, 5.41) is 9.52. The Morgan fingerprint density at radius 1 is 1.09 bits per heavy atom. The molecule has 170 valence electrons. The lowest BCUT2D eigenvalue weighted by Gasteiger charge is -2.19. The van der Waals surface area contributed by atoms with Gasteiger partial charge in [0, 0.05) is 35.1 Å². The number of pyridine rings is 1. The minimum Gasteiger partial charge on any atom is -0.494 e. The van der Waals surface area contributed by atoms with Gasteiger partial charge in [-0.25, -0.2) is 0 Å². The van der Waals surface area contributed by atoms with Gasteiger partial charge in [-0.15, -0.1) is 0 Å². The standard InChI is InChI=1S/C25H26N4O4/c1-3-9-26-23(30)15-29-25-18-12-21-22(33-11-10-32-21)13-20(18)27-14-19(25)24(28-29)16-5-7-17(8-6-16)31-4-2/h5-8,12-14H,3-4,9-11,15H2,1-2H3,(H,26,30). The molecule has 0 aliphatic carbocycles. The number of fused-ring (bicyclic) bond motifs is 4. The zero-order chi connectivity index (χ0) is 22.8. The molecule has 2 aromatic heterocycles. The molecule has 0 saturated carbocycles. The van der Waals surface area contributed by atoms with E-state index >= 15 is 0 Å². The summed E-state index contributed by atoms with van der Waals surface area (Å²) in [6, 6.07) is 11.6. The first kappa shape index (κ1) is 21.1. The fraction of sp³-hybridized carbons (Fsp3) is 0.320. The molecule has 0 bridgehead atoms. The first-order valence-electron chi connectivity index (χ1n) is 11.3. The van der Waals surface area contributed by atoms with E-state index in [-0.39, 0.29) is 12.5 Å². The minimum absolute atomic E-state index is 0.0815. The van der Waals surface area contributed by atoms with E-state index in [1.807, 2.05) is 56.4 Å². The Hall–Kier alpha value is -3.81. The maximum Gasteiger partial charge on any atom is 0.241 e. The minimum atomic E-state index is -0.0815. The summed E-state index contributed by atoms with van der Waals surface area (Å²) in [4.78, 5) is 17.3. The third kappa shape index (κ3) is 4.04. The summed E-state index contributed by atoms with van der Waals surface area (Å²) < 4.78 is 18.9. The second kappa shape index (κ2) is 8.97. The molecule has 8 heteroatoms. The maximum atomic E-state index is 12.6. The summed E-state index contributed by atoms with van der Waals surface area (Å²) in [6.45, 7) is 6.34. The summed E-state index contributed by atoms with van der Waals surface area (Å²) in [5.74, 6) is 2.08. The maximum absolute atomic E-state index is 12.6. The molecule has 0 saturated heterocycles. The molecule has 4 aromatic rings. The van der Waals surface area contributed by atoms with Crippen LogP contribution in [-0.4, -0.2) is 47.0 Å². The molecular formula is C25H26N4O4. The normalized spacial score (nSPS) is 12.8. The number of ether oxygens (including phenoxy) is 3. The molecule has 0 spiro atoms. The summed E-state index contributed by atoms with van der Waals surface area (Å²) in [7, 11) is 0. The van der Waals surface area contributed by atoms with E-state index in [2.05, 4.69) is 10.3 Å². The van der Waals surface area contributed by atoms with E-state index in [4.69, 9.17) is 19.3 Å². The summed E-state index contributed by atoms with van der Waals surface area (Å²) >= 11 is 0. The monoisotopic (exact) mass is 446 g/mol. The molecule has 1 aliphatic rings. The van der Waals surface area contributed by atoms with Crippen LogP contribution in [0.1, 0.15) is 20.3 Å². The average Bonchev–Trinajstić information content (AvgIpc) is 3.20. The highest BCUT2D eigenvalue weighted by Crippen LogP contribution is 2.38. The van der Waals surface area contributed by atoms with E-state index < -0.39 is 0 Å².